The van der Waals surface area contributed by atoms with E-state index in [2.05, 4.69) is 15.9 Å². The second kappa shape index (κ2) is 5.61. The van der Waals surface area contributed by atoms with Crippen LogP contribution in [0.2, 0.25) is 0 Å². The average Bonchev–Trinajstić information content (AvgIpc) is 2.37. The van der Waals surface area contributed by atoms with Gasteiger partial charge >= 0.3 is 5.97 Å². The topological polar surface area (TPSA) is 44.8 Å². The maximum atomic E-state index is 11.7. The molecule has 1 heterocycles. The van der Waals surface area contributed by atoms with Crippen molar-refractivity contribution in [2.75, 3.05) is 19.8 Å². The second-order valence-corrected chi connectivity index (χ2v) is 4.85. The lowest BCUT2D eigenvalue weighted by Gasteiger charge is -2.21. The van der Waals surface area contributed by atoms with Crippen molar-refractivity contribution in [3.8, 4) is 11.5 Å². The Morgan fingerprint density at radius 3 is 2.61 bits per heavy atom. The predicted octanol–water partition coefficient (Wildman–Crippen LogP) is 2.89. The number of hydrogen-bond acceptors (Lipinski definition) is 4. The molecule has 0 spiro atoms. The summed E-state index contributed by atoms with van der Waals surface area (Å²) in [5.74, 6) is 0.800. The van der Waals surface area contributed by atoms with E-state index in [-0.39, 0.29) is 11.9 Å². The first-order chi connectivity index (χ1) is 8.63. The van der Waals surface area contributed by atoms with Gasteiger partial charge in [0.05, 0.1) is 12.5 Å². The maximum absolute atomic E-state index is 11.7. The third-order valence-corrected chi connectivity index (χ3v) is 3.45. The summed E-state index contributed by atoms with van der Waals surface area (Å²) in [6.07, 6.45) is 0. The highest BCUT2D eigenvalue weighted by Crippen LogP contribution is 2.38. The summed E-state index contributed by atoms with van der Waals surface area (Å²) in [5, 5.41) is 0. The van der Waals surface area contributed by atoms with Gasteiger partial charge in [-0.1, -0.05) is 15.9 Å². The molecule has 0 radical (unpaired) electrons. The van der Waals surface area contributed by atoms with E-state index in [0.29, 0.717) is 31.3 Å². The minimum atomic E-state index is -0.338. The van der Waals surface area contributed by atoms with Crippen molar-refractivity contribution in [3.05, 3.63) is 22.2 Å². The van der Waals surface area contributed by atoms with E-state index in [0.717, 1.165) is 10.0 Å². The van der Waals surface area contributed by atoms with Crippen LogP contribution in [0.4, 0.5) is 0 Å². The largest absolute Gasteiger partial charge is 0.486 e. The molecular formula is C13H15BrO4. The van der Waals surface area contributed by atoms with Crippen molar-refractivity contribution < 1.29 is 19.0 Å². The minimum Gasteiger partial charge on any atom is -0.486 e. The Morgan fingerprint density at radius 1 is 1.39 bits per heavy atom. The summed E-state index contributed by atoms with van der Waals surface area (Å²) in [7, 11) is 0. The number of carbonyl (C=O) groups is 1. The van der Waals surface area contributed by atoms with E-state index >= 15 is 0 Å². The van der Waals surface area contributed by atoms with Crippen molar-refractivity contribution in [1.82, 2.24) is 0 Å². The van der Waals surface area contributed by atoms with Gasteiger partial charge in [-0.3, -0.25) is 4.79 Å². The molecule has 0 saturated heterocycles. The summed E-state index contributed by atoms with van der Waals surface area (Å²) in [6, 6.07) is 3.67. The summed E-state index contributed by atoms with van der Waals surface area (Å²) < 4.78 is 16.8. The molecule has 0 saturated carbocycles. The van der Waals surface area contributed by atoms with Crippen molar-refractivity contribution >= 4 is 21.9 Å². The number of fused-ring (bicyclic) bond motifs is 1. The first-order valence-corrected chi connectivity index (χ1v) is 6.68. The van der Waals surface area contributed by atoms with Gasteiger partial charge in [-0.25, -0.2) is 0 Å². The average molecular weight is 315 g/mol. The van der Waals surface area contributed by atoms with Crippen molar-refractivity contribution in [2.45, 2.75) is 19.8 Å². The molecule has 0 aliphatic carbocycles. The molecule has 1 aromatic carbocycles. The van der Waals surface area contributed by atoms with Gasteiger partial charge < -0.3 is 14.2 Å². The van der Waals surface area contributed by atoms with Crippen LogP contribution < -0.4 is 9.47 Å². The Balaban J connectivity index is 2.30. The summed E-state index contributed by atoms with van der Waals surface area (Å²) in [6.45, 7) is 5.07. The molecule has 0 aromatic heterocycles. The fourth-order valence-corrected chi connectivity index (χ4v) is 2.47. The maximum Gasteiger partial charge on any atom is 0.313 e. The number of benzene rings is 1. The van der Waals surface area contributed by atoms with Crippen molar-refractivity contribution in [3.63, 3.8) is 0 Å². The predicted molar refractivity (Wildman–Crippen MR) is 70.2 cm³/mol. The Labute approximate surface area is 114 Å². The van der Waals surface area contributed by atoms with Crippen LogP contribution in [0.1, 0.15) is 25.3 Å². The zero-order valence-corrected chi connectivity index (χ0v) is 12.0. The second-order valence-electron chi connectivity index (χ2n) is 3.99. The molecule has 2 rings (SSSR count). The highest BCUT2D eigenvalue weighted by molar-refractivity contribution is 9.10. The van der Waals surface area contributed by atoms with Crippen molar-refractivity contribution in [1.29, 1.82) is 0 Å². The van der Waals surface area contributed by atoms with Crippen LogP contribution >= 0.6 is 15.9 Å². The van der Waals surface area contributed by atoms with E-state index in [9.17, 15) is 4.79 Å². The third kappa shape index (κ3) is 2.61. The van der Waals surface area contributed by atoms with Gasteiger partial charge in [0.2, 0.25) is 0 Å². The van der Waals surface area contributed by atoms with Crippen LogP contribution in [-0.4, -0.2) is 25.8 Å². The zero-order chi connectivity index (χ0) is 13.1. The van der Waals surface area contributed by atoms with E-state index in [1.54, 1.807) is 6.92 Å². The molecule has 1 atom stereocenters. The van der Waals surface area contributed by atoms with Crippen LogP contribution in [0.15, 0.2) is 16.6 Å². The lowest BCUT2D eigenvalue weighted by Crippen LogP contribution is -2.17. The SMILES string of the molecule is CCOC(=O)C(C)c1cc2c(cc1Br)OCCO2. The Morgan fingerprint density at radius 2 is 2.00 bits per heavy atom. The third-order valence-electron chi connectivity index (χ3n) is 2.77. The number of hydrogen-bond donors (Lipinski definition) is 0. The molecule has 1 aromatic rings. The fourth-order valence-electron chi connectivity index (χ4n) is 1.81. The van der Waals surface area contributed by atoms with Gasteiger partial charge in [-0.2, -0.15) is 0 Å². The molecule has 98 valence electrons. The first-order valence-electron chi connectivity index (χ1n) is 5.89. The molecule has 5 heteroatoms. The Hall–Kier alpha value is -1.23. The number of ether oxygens (including phenoxy) is 3. The lowest BCUT2D eigenvalue weighted by molar-refractivity contribution is -0.144. The monoisotopic (exact) mass is 314 g/mol. The molecule has 0 N–H and O–H groups in total. The van der Waals surface area contributed by atoms with Crippen LogP contribution in [0.3, 0.4) is 0 Å². The highest BCUT2D eigenvalue weighted by Gasteiger charge is 2.23. The van der Waals surface area contributed by atoms with Crippen molar-refractivity contribution in [2.24, 2.45) is 0 Å². The molecule has 18 heavy (non-hydrogen) atoms. The lowest BCUT2D eigenvalue weighted by atomic mass is 10.0. The molecule has 0 amide bonds. The van der Waals surface area contributed by atoms with E-state index in [1.807, 2.05) is 19.1 Å². The molecule has 0 bridgehead atoms. The van der Waals surface area contributed by atoms with Crippen LogP contribution in [0.5, 0.6) is 11.5 Å². The Bertz CT molecular complexity index is 459. The highest BCUT2D eigenvalue weighted by atomic mass is 79.9. The van der Waals surface area contributed by atoms with Crippen LogP contribution in [0.25, 0.3) is 0 Å². The zero-order valence-electron chi connectivity index (χ0n) is 10.4. The summed E-state index contributed by atoms with van der Waals surface area (Å²) in [4.78, 5) is 11.7. The minimum absolute atomic E-state index is 0.241. The first kappa shape index (κ1) is 13.2. The van der Waals surface area contributed by atoms with Gasteiger partial charge in [0, 0.05) is 4.47 Å². The van der Waals surface area contributed by atoms with Gasteiger partial charge in [-0.05, 0) is 31.5 Å². The smallest absolute Gasteiger partial charge is 0.313 e. The Kier molecular flexibility index (Phi) is 4.11. The number of esters is 1. The summed E-state index contributed by atoms with van der Waals surface area (Å²) in [5.41, 5.74) is 0.845. The molecule has 1 aliphatic rings. The van der Waals surface area contributed by atoms with E-state index in [4.69, 9.17) is 14.2 Å². The van der Waals surface area contributed by atoms with Crippen LogP contribution in [-0.2, 0) is 9.53 Å². The molecular weight excluding hydrogens is 300 g/mol. The van der Waals surface area contributed by atoms with Gasteiger partial charge in [-0.15, -0.1) is 0 Å². The van der Waals surface area contributed by atoms with Gasteiger partial charge in [0.15, 0.2) is 11.5 Å². The molecule has 4 nitrogen and oxygen atoms in total. The quantitative estimate of drug-likeness (QED) is 0.805. The molecule has 0 fully saturated rings. The summed E-state index contributed by atoms with van der Waals surface area (Å²) >= 11 is 3.45. The standard InChI is InChI=1S/C13H15BrO4/c1-3-16-13(15)8(2)9-6-11-12(7-10(9)14)18-5-4-17-11/h6-8H,3-5H2,1-2H3. The van der Waals surface area contributed by atoms with Gasteiger partial charge in [0.25, 0.3) is 0 Å². The molecule has 1 unspecified atom stereocenters. The van der Waals surface area contributed by atoms with Gasteiger partial charge in [0.1, 0.15) is 13.2 Å². The fraction of sp³-hybridized carbons (Fsp3) is 0.462. The van der Waals surface area contributed by atoms with E-state index in [1.165, 1.54) is 0 Å². The normalized spacial score (nSPS) is 15.1. The molecule has 1 aliphatic heterocycles. The van der Waals surface area contributed by atoms with Crippen LogP contribution in [0, 0.1) is 0 Å². The number of carbonyl (C=O) groups excluding carboxylic acids is 1. The number of rotatable bonds is 3. The van der Waals surface area contributed by atoms with E-state index < -0.39 is 0 Å². The number of halogens is 1.